The van der Waals surface area contributed by atoms with E-state index in [1.54, 1.807) is 32.9 Å². The summed E-state index contributed by atoms with van der Waals surface area (Å²) < 4.78 is 5.18. The van der Waals surface area contributed by atoms with E-state index in [1.165, 1.54) is 16.7 Å². The number of rotatable bonds is 4. The van der Waals surface area contributed by atoms with Crippen LogP contribution in [0.1, 0.15) is 26.3 Å². The fourth-order valence-electron chi connectivity index (χ4n) is 1.70. The monoisotopic (exact) mass is 355 g/mol. The predicted octanol–water partition coefficient (Wildman–Crippen LogP) is 4.27. The highest BCUT2D eigenvalue weighted by atomic mass is 35.5. The van der Waals surface area contributed by atoms with Gasteiger partial charge in [-0.15, -0.1) is 11.3 Å². The molecule has 8 heteroatoms. The standard InChI is InChI=1S/C15H18ClN3O3S/c1-15(2,3)22-14(21)17-7-9-4-5-10(16)11(6-9)18-13-19-12(20)8-23-13/h4-6,8,20H,7H2,1-3H3,(H,17,21)(H,18,19). The summed E-state index contributed by atoms with van der Waals surface area (Å²) in [5, 5.41) is 17.5. The number of nitrogens with one attached hydrogen (secondary N) is 2. The van der Waals surface area contributed by atoms with Crippen molar-refractivity contribution >= 4 is 39.8 Å². The third-order valence-electron chi connectivity index (χ3n) is 2.60. The predicted molar refractivity (Wildman–Crippen MR) is 91.6 cm³/mol. The molecule has 0 radical (unpaired) electrons. The van der Waals surface area contributed by atoms with Crippen LogP contribution in [0.4, 0.5) is 15.6 Å². The highest BCUT2D eigenvalue weighted by Gasteiger charge is 2.15. The Kier molecular flexibility index (Phi) is 5.33. The SMILES string of the molecule is CC(C)(C)OC(=O)NCc1ccc(Cl)c(Nc2nc(O)cs2)c1. The number of carbonyl (C=O) groups excluding carboxylic acids is 1. The van der Waals surface area contributed by atoms with Gasteiger partial charge in [0.05, 0.1) is 16.1 Å². The Morgan fingerprint density at radius 3 is 2.78 bits per heavy atom. The molecule has 0 bridgehead atoms. The van der Waals surface area contributed by atoms with Crippen molar-refractivity contribution in [1.82, 2.24) is 10.3 Å². The van der Waals surface area contributed by atoms with Gasteiger partial charge in [-0.1, -0.05) is 17.7 Å². The number of hydrogen-bond acceptors (Lipinski definition) is 6. The molecule has 0 aliphatic carbocycles. The number of nitrogens with zero attached hydrogens (tertiary/aromatic N) is 1. The number of carbonyl (C=O) groups is 1. The van der Waals surface area contributed by atoms with E-state index >= 15 is 0 Å². The van der Waals surface area contributed by atoms with Gasteiger partial charge >= 0.3 is 6.09 Å². The van der Waals surface area contributed by atoms with Gasteiger partial charge < -0.3 is 20.5 Å². The van der Waals surface area contributed by atoms with E-state index in [1.807, 2.05) is 6.07 Å². The zero-order valence-corrected chi connectivity index (χ0v) is 14.6. The van der Waals surface area contributed by atoms with Crippen LogP contribution in [0.25, 0.3) is 0 Å². The number of hydrogen-bond donors (Lipinski definition) is 3. The maximum absolute atomic E-state index is 11.7. The lowest BCUT2D eigenvalue weighted by Gasteiger charge is -2.19. The number of benzene rings is 1. The topological polar surface area (TPSA) is 83.5 Å². The lowest BCUT2D eigenvalue weighted by atomic mass is 10.2. The second kappa shape index (κ2) is 7.06. The average Bonchev–Trinajstić information content (AvgIpc) is 2.83. The molecule has 2 rings (SSSR count). The minimum atomic E-state index is -0.538. The van der Waals surface area contributed by atoms with Crippen LogP contribution >= 0.6 is 22.9 Å². The molecule has 0 aliphatic heterocycles. The maximum atomic E-state index is 11.7. The van der Waals surface area contributed by atoms with Crippen molar-refractivity contribution in [3.05, 3.63) is 34.2 Å². The molecule has 1 aromatic heterocycles. The molecule has 0 saturated heterocycles. The smallest absolute Gasteiger partial charge is 0.407 e. The van der Waals surface area contributed by atoms with Crippen molar-refractivity contribution in [2.24, 2.45) is 0 Å². The van der Waals surface area contributed by atoms with Crippen LogP contribution in [-0.4, -0.2) is 21.8 Å². The van der Waals surface area contributed by atoms with Gasteiger partial charge in [-0.3, -0.25) is 0 Å². The number of halogens is 1. The molecule has 2 aromatic rings. The molecule has 1 amide bonds. The van der Waals surface area contributed by atoms with E-state index in [-0.39, 0.29) is 5.88 Å². The number of alkyl carbamates (subject to hydrolysis) is 1. The van der Waals surface area contributed by atoms with Crippen LogP contribution in [0.3, 0.4) is 0 Å². The Labute approximate surface area is 143 Å². The summed E-state index contributed by atoms with van der Waals surface area (Å²) in [7, 11) is 0. The summed E-state index contributed by atoms with van der Waals surface area (Å²) in [4.78, 5) is 15.6. The first-order valence-electron chi connectivity index (χ1n) is 6.90. The molecule has 23 heavy (non-hydrogen) atoms. The zero-order chi connectivity index (χ0) is 17.0. The Bertz CT molecular complexity index is 698. The van der Waals surface area contributed by atoms with Crippen LogP contribution in [0.15, 0.2) is 23.6 Å². The van der Waals surface area contributed by atoms with Crippen LogP contribution in [-0.2, 0) is 11.3 Å². The Hall–Kier alpha value is -1.99. The van der Waals surface area contributed by atoms with E-state index < -0.39 is 11.7 Å². The van der Waals surface area contributed by atoms with Gasteiger partial charge in [0.1, 0.15) is 5.60 Å². The van der Waals surface area contributed by atoms with Gasteiger partial charge in [-0.05, 0) is 38.5 Å². The fraction of sp³-hybridized carbons (Fsp3) is 0.333. The second-order valence-corrected chi connectivity index (χ2v) is 7.07. The average molecular weight is 356 g/mol. The largest absolute Gasteiger partial charge is 0.493 e. The molecule has 0 spiro atoms. The molecule has 0 saturated carbocycles. The summed E-state index contributed by atoms with van der Waals surface area (Å²) >= 11 is 7.41. The minimum Gasteiger partial charge on any atom is -0.493 e. The molecule has 6 nitrogen and oxygen atoms in total. The van der Waals surface area contributed by atoms with Crippen molar-refractivity contribution in [3.8, 4) is 5.88 Å². The van der Waals surface area contributed by atoms with Gasteiger partial charge in [0, 0.05) is 6.54 Å². The Morgan fingerprint density at radius 1 is 1.43 bits per heavy atom. The summed E-state index contributed by atoms with van der Waals surface area (Å²) in [6.07, 6.45) is -0.480. The molecule has 0 unspecified atom stereocenters. The summed E-state index contributed by atoms with van der Waals surface area (Å²) in [5.41, 5.74) is 0.956. The van der Waals surface area contributed by atoms with Crippen LogP contribution < -0.4 is 10.6 Å². The van der Waals surface area contributed by atoms with Crippen LogP contribution in [0, 0.1) is 0 Å². The molecular weight excluding hydrogens is 338 g/mol. The fourth-order valence-corrected chi connectivity index (χ4v) is 2.45. The maximum Gasteiger partial charge on any atom is 0.407 e. The normalized spacial score (nSPS) is 11.1. The van der Waals surface area contributed by atoms with Crippen molar-refractivity contribution in [2.45, 2.75) is 32.9 Å². The van der Waals surface area contributed by atoms with Gasteiger partial charge in [-0.2, -0.15) is 4.98 Å². The van der Waals surface area contributed by atoms with Crippen molar-refractivity contribution in [2.75, 3.05) is 5.32 Å². The van der Waals surface area contributed by atoms with E-state index in [4.69, 9.17) is 16.3 Å². The van der Waals surface area contributed by atoms with Gasteiger partial charge in [-0.25, -0.2) is 4.79 Å². The first-order valence-corrected chi connectivity index (χ1v) is 8.15. The van der Waals surface area contributed by atoms with E-state index in [9.17, 15) is 9.90 Å². The van der Waals surface area contributed by atoms with Gasteiger partial charge in [0.2, 0.25) is 5.88 Å². The third kappa shape index (κ3) is 5.61. The molecule has 0 atom stereocenters. The highest BCUT2D eigenvalue weighted by molar-refractivity contribution is 7.14. The molecule has 0 aliphatic rings. The van der Waals surface area contributed by atoms with Crippen molar-refractivity contribution < 1.29 is 14.6 Å². The summed E-state index contributed by atoms with van der Waals surface area (Å²) in [5.74, 6) is -0.0450. The number of ether oxygens (including phenoxy) is 1. The number of aromatic nitrogens is 1. The Morgan fingerprint density at radius 2 is 2.17 bits per heavy atom. The minimum absolute atomic E-state index is 0.0450. The highest BCUT2D eigenvalue weighted by Crippen LogP contribution is 2.29. The lowest BCUT2D eigenvalue weighted by Crippen LogP contribution is -2.32. The molecule has 124 valence electrons. The molecule has 3 N–H and O–H groups in total. The lowest BCUT2D eigenvalue weighted by molar-refractivity contribution is 0.0523. The molecular formula is C15H18ClN3O3S. The molecule has 1 aromatic carbocycles. The molecule has 0 fully saturated rings. The van der Waals surface area contributed by atoms with Crippen molar-refractivity contribution in [1.29, 1.82) is 0 Å². The summed E-state index contributed by atoms with van der Waals surface area (Å²) in [6, 6.07) is 5.34. The third-order valence-corrected chi connectivity index (χ3v) is 3.68. The van der Waals surface area contributed by atoms with Crippen molar-refractivity contribution in [3.63, 3.8) is 0 Å². The Balaban J connectivity index is 2.01. The van der Waals surface area contributed by atoms with Gasteiger partial charge in [0.25, 0.3) is 0 Å². The zero-order valence-electron chi connectivity index (χ0n) is 13.0. The summed E-state index contributed by atoms with van der Waals surface area (Å²) in [6.45, 7) is 5.73. The van der Waals surface area contributed by atoms with Crippen LogP contribution in [0.5, 0.6) is 5.88 Å². The van der Waals surface area contributed by atoms with E-state index in [0.717, 1.165) is 5.56 Å². The van der Waals surface area contributed by atoms with E-state index in [0.29, 0.717) is 22.4 Å². The quantitative estimate of drug-likeness (QED) is 0.762. The number of aromatic hydroxyl groups is 1. The first kappa shape index (κ1) is 17.4. The van der Waals surface area contributed by atoms with E-state index in [2.05, 4.69) is 15.6 Å². The second-order valence-electron chi connectivity index (χ2n) is 5.81. The van der Waals surface area contributed by atoms with Crippen LogP contribution in [0.2, 0.25) is 5.02 Å². The molecule has 1 heterocycles. The number of thiazole rings is 1. The first-order chi connectivity index (χ1) is 10.7. The number of anilines is 2. The number of amides is 1. The van der Waals surface area contributed by atoms with Gasteiger partial charge in [0.15, 0.2) is 5.13 Å².